The fourth-order valence-corrected chi connectivity index (χ4v) is 2.11. The molecule has 19 heavy (non-hydrogen) atoms. The van der Waals surface area contributed by atoms with Crippen LogP contribution in [0.3, 0.4) is 0 Å². The summed E-state index contributed by atoms with van der Waals surface area (Å²) in [6, 6.07) is 9.00. The van der Waals surface area contributed by atoms with Crippen LogP contribution in [0.5, 0.6) is 11.5 Å². The first-order valence-electron chi connectivity index (χ1n) is 5.66. The van der Waals surface area contributed by atoms with Crippen molar-refractivity contribution in [1.29, 1.82) is 0 Å². The van der Waals surface area contributed by atoms with Gasteiger partial charge in [-0.15, -0.1) is 0 Å². The molecule has 2 nitrogen and oxygen atoms in total. The van der Waals surface area contributed by atoms with Gasteiger partial charge in [0.25, 0.3) is 0 Å². The number of para-hydroxylation sites is 1. The Labute approximate surface area is 120 Å². The van der Waals surface area contributed by atoms with E-state index in [0.717, 1.165) is 0 Å². The normalized spacial score (nSPS) is 12.3. The van der Waals surface area contributed by atoms with Crippen molar-refractivity contribution in [3.05, 3.63) is 57.8 Å². The molecule has 100 valence electrons. The molecule has 0 aromatic heterocycles. The number of benzene rings is 2. The Bertz CT molecular complexity index is 602. The van der Waals surface area contributed by atoms with Crippen LogP contribution < -0.4 is 10.5 Å². The van der Waals surface area contributed by atoms with Crippen LogP contribution in [0.2, 0.25) is 10.0 Å². The maximum absolute atomic E-state index is 13.9. The van der Waals surface area contributed by atoms with Crippen LogP contribution in [0, 0.1) is 5.82 Å². The Hall–Kier alpha value is -1.29. The van der Waals surface area contributed by atoms with Crippen molar-refractivity contribution < 1.29 is 9.13 Å². The first-order chi connectivity index (χ1) is 8.99. The molecule has 1 atom stereocenters. The lowest BCUT2D eigenvalue weighted by Crippen LogP contribution is -2.07. The highest BCUT2D eigenvalue weighted by Gasteiger charge is 2.15. The van der Waals surface area contributed by atoms with Gasteiger partial charge in [0, 0.05) is 16.6 Å². The van der Waals surface area contributed by atoms with Crippen LogP contribution >= 0.6 is 23.2 Å². The molecule has 0 saturated heterocycles. The van der Waals surface area contributed by atoms with Crippen molar-refractivity contribution in [2.45, 2.75) is 13.0 Å². The summed E-state index contributed by atoms with van der Waals surface area (Å²) in [6.07, 6.45) is 0. The van der Waals surface area contributed by atoms with Crippen molar-refractivity contribution in [2.24, 2.45) is 5.73 Å². The SMILES string of the molecule is CC(N)c1cccc(F)c1Oc1ccc(Cl)cc1Cl. The lowest BCUT2D eigenvalue weighted by molar-refractivity contribution is 0.433. The Morgan fingerprint density at radius 2 is 1.95 bits per heavy atom. The number of hydrogen-bond donors (Lipinski definition) is 1. The summed E-state index contributed by atoms with van der Waals surface area (Å²) in [5, 5.41) is 0.796. The quantitative estimate of drug-likeness (QED) is 0.871. The van der Waals surface area contributed by atoms with Gasteiger partial charge in [0.15, 0.2) is 11.6 Å². The van der Waals surface area contributed by atoms with E-state index in [1.54, 1.807) is 31.2 Å². The van der Waals surface area contributed by atoms with E-state index >= 15 is 0 Å². The van der Waals surface area contributed by atoms with Gasteiger partial charge in [0.1, 0.15) is 5.75 Å². The molecular weight excluding hydrogens is 288 g/mol. The van der Waals surface area contributed by atoms with Crippen molar-refractivity contribution in [2.75, 3.05) is 0 Å². The third-order valence-electron chi connectivity index (χ3n) is 2.59. The van der Waals surface area contributed by atoms with Crippen LogP contribution in [0.15, 0.2) is 36.4 Å². The zero-order valence-electron chi connectivity index (χ0n) is 10.2. The molecule has 0 aliphatic rings. The van der Waals surface area contributed by atoms with Gasteiger partial charge in [-0.25, -0.2) is 4.39 Å². The van der Waals surface area contributed by atoms with Crippen LogP contribution in [0.25, 0.3) is 0 Å². The summed E-state index contributed by atoms with van der Waals surface area (Å²) in [6.45, 7) is 1.76. The molecular formula is C14H12Cl2FNO. The number of ether oxygens (including phenoxy) is 1. The molecule has 0 amide bonds. The standard InChI is InChI=1S/C14H12Cl2FNO/c1-8(18)10-3-2-4-12(17)14(10)19-13-6-5-9(15)7-11(13)16/h2-8H,18H2,1H3. The average molecular weight is 300 g/mol. The van der Waals surface area contributed by atoms with E-state index in [0.29, 0.717) is 21.4 Å². The van der Waals surface area contributed by atoms with Gasteiger partial charge in [-0.2, -0.15) is 0 Å². The van der Waals surface area contributed by atoms with Gasteiger partial charge in [-0.1, -0.05) is 35.3 Å². The zero-order valence-corrected chi connectivity index (χ0v) is 11.7. The Morgan fingerprint density at radius 1 is 1.21 bits per heavy atom. The molecule has 2 rings (SSSR count). The molecule has 0 aliphatic carbocycles. The predicted molar refractivity (Wildman–Crippen MR) is 75.5 cm³/mol. The maximum atomic E-state index is 13.9. The van der Waals surface area contributed by atoms with Gasteiger partial charge >= 0.3 is 0 Å². The minimum atomic E-state index is -0.485. The smallest absolute Gasteiger partial charge is 0.167 e. The average Bonchev–Trinajstić information content (AvgIpc) is 2.34. The molecule has 0 saturated carbocycles. The first kappa shape index (κ1) is 14.1. The lowest BCUT2D eigenvalue weighted by atomic mass is 10.1. The van der Waals surface area contributed by atoms with E-state index in [4.69, 9.17) is 33.7 Å². The molecule has 1 unspecified atom stereocenters. The summed E-state index contributed by atoms with van der Waals surface area (Å²) >= 11 is 11.8. The van der Waals surface area contributed by atoms with E-state index in [2.05, 4.69) is 0 Å². The molecule has 2 aromatic carbocycles. The number of hydrogen-bond acceptors (Lipinski definition) is 2. The summed E-state index contributed by atoms with van der Waals surface area (Å²) in [5.41, 5.74) is 6.37. The van der Waals surface area contributed by atoms with Crippen LogP contribution in [0.4, 0.5) is 4.39 Å². The second kappa shape index (κ2) is 5.78. The highest BCUT2D eigenvalue weighted by Crippen LogP contribution is 2.35. The number of halogens is 3. The molecule has 2 aromatic rings. The monoisotopic (exact) mass is 299 g/mol. The summed E-state index contributed by atoms with van der Waals surface area (Å²) in [5.74, 6) is -0.0689. The highest BCUT2D eigenvalue weighted by molar-refractivity contribution is 6.35. The fourth-order valence-electron chi connectivity index (χ4n) is 1.66. The second-order valence-electron chi connectivity index (χ2n) is 4.12. The summed E-state index contributed by atoms with van der Waals surface area (Å²) < 4.78 is 19.4. The van der Waals surface area contributed by atoms with E-state index < -0.39 is 5.82 Å². The fraction of sp³-hybridized carbons (Fsp3) is 0.143. The van der Waals surface area contributed by atoms with Crippen LogP contribution in [-0.4, -0.2) is 0 Å². The van der Waals surface area contributed by atoms with Crippen molar-refractivity contribution in [3.8, 4) is 11.5 Å². The summed E-state index contributed by atoms with van der Waals surface area (Å²) in [7, 11) is 0. The third-order valence-corrected chi connectivity index (χ3v) is 3.12. The maximum Gasteiger partial charge on any atom is 0.167 e. The van der Waals surface area contributed by atoms with Crippen molar-refractivity contribution in [1.82, 2.24) is 0 Å². The molecule has 0 bridgehead atoms. The Morgan fingerprint density at radius 3 is 2.58 bits per heavy atom. The highest BCUT2D eigenvalue weighted by atomic mass is 35.5. The molecule has 0 aliphatic heterocycles. The van der Waals surface area contributed by atoms with E-state index in [-0.39, 0.29) is 11.8 Å². The van der Waals surface area contributed by atoms with Crippen LogP contribution in [0.1, 0.15) is 18.5 Å². The molecule has 0 fully saturated rings. The minimum absolute atomic E-state index is 0.0849. The van der Waals surface area contributed by atoms with E-state index in [1.807, 2.05) is 0 Å². The molecule has 0 spiro atoms. The van der Waals surface area contributed by atoms with E-state index in [1.165, 1.54) is 12.1 Å². The van der Waals surface area contributed by atoms with Crippen LogP contribution in [-0.2, 0) is 0 Å². The number of nitrogens with two attached hydrogens (primary N) is 1. The third kappa shape index (κ3) is 3.18. The van der Waals surface area contributed by atoms with Gasteiger partial charge in [-0.3, -0.25) is 0 Å². The topological polar surface area (TPSA) is 35.2 Å². The van der Waals surface area contributed by atoms with Crippen molar-refractivity contribution >= 4 is 23.2 Å². The predicted octanol–water partition coefficient (Wildman–Crippen LogP) is 4.94. The molecule has 2 N–H and O–H groups in total. The van der Waals surface area contributed by atoms with E-state index in [9.17, 15) is 4.39 Å². The Balaban J connectivity index is 2.43. The lowest BCUT2D eigenvalue weighted by Gasteiger charge is -2.15. The first-order valence-corrected chi connectivity index (χ1v) is 6.41. The molecule has 5 heteroatoms. The molecule has 0 radical (unpaired) electrons. The van der Waals surface area contributed by atoms with Gasteiger partial charge in [0.2, 0.25) is 0 Å². The molecule has 0 heterocycles. The number of rotatable bonds is 3. The van der Waals surface area contributed by atoms with Gasteiger partial charge in [-0.05, 0) is 31.2 Å². The van der Waals surface area contributed by atoms with Crippen molar-refractivity contribution in [3.63, 3.8) is 0 Å². The summed E-state index contributed by atoms with van der Waals surface area (Å²) in [4.78, 5) is 0. The van der Waals surface area contributed by atoms with Gasteiger partial charge < -0.3 is 10.5 Å². The Kier molecular flexibility index (Phi) is 4.30. The minimum Gasteiger partial charge on any atom is -0.452 e. The zero-order chi connectivity index (χ0) is 14.0. The largest absolute Gasteiger partial charge is 0.452 e. The second-order valence-corrected chi connectivity index (χ2v) is 4.97. The van der Waals surface area contributed by atoms with Gasteiger partial charge in [0.05, 0.1) is 5.02 Å².